The highest BCUT2D eigenvalue weighted by Crippen LogP contribution is 2.31. The normalized spacial score (nSPS) is 27.3. The molecule has 2 aromatic heterocycles. The second kappa shape index (κ2) is 5.36. The summed E-state index contributed by atoms with van der Waals surface area (Å²) in [6.07, 6.45) is -0.335. The minimum absolute atomic E-state index is 0.0357. The van der Waals surface area contributed by atoms with E-state index in [1.165, 1.54) is 6.33 Å². The van der Waals surface area contributed by atoms with Crippen LogP contribution in [0.5, 0.6) is 0 Å². The van der Waals surface area contributed by atoms with Gasteiger partial charge in [-0.25, -0.2) is 4.98 Å². The van der Waals surface area contributed by atoms with Crippen molar-refractivity contribution in [3.63, 3.8) is 0 Å². The molecule has 1 saturated heterocycles. The Labute approximate surface area is 122 Å². The van der Waals surface area contributed by atoms with Gasteiger partial charge in [-0.1, -0.05) is 0 Å². The van der Waals surface area contributed by atoms with E-state index in [1.54, 1.807) is 4.57 Å². The Morgan fingerprint density at radius 2 is 2.29 bits per heavy atom. The lowest BCUT2D eigenvalue weighted by molar-refractivity contribution is -0.0432. The highest BCUT2D eigenvalue weighted by Gasteiger charge is 2.36. The number of imidazole rings is 1. The quantitative estimate of drug-likeness (QED) is 0.371. The molecule has 1 aliphatic rings. The summed E-state index contributed by atoms with van der Waals surface area (Å²) in [6.45, 7) is -0.292. The third-order valence-electron chi connectivity index (χ3n) is 3.29. The fraction of sp³-hybridized carbons (Fsp3) is 0.500. The summed E-state index contributed by atoms with van der Waals surface area (Å²) in [5.41, 5.74) is 6.16. The lowest BCUT2D eigenvalue weighted by atomic mass is 10.2. The van der Waals surface area contributed by atoms with Crippen LogP contribution >= 0.6 is 0 Å². The van der Waals surface area contributed by atoms with Crippen molar-refractivity contribution in [3.05, 3.63) is 6.33 Å². The van der Waals surface area contributed by atoms with Crippen LogP contribution in [-0.2, 0) is 16.1 Å². The number of rotatable bonds is 3. The maximum Gasteiger partial charge on any atom is 0.298 e. The van der Waals surface area contributed by atoms with Crippen LogP contribution in [0.15, 0.2) is 11.4 Å². The molecule has 0 radical (unpaired) electrons. The standard InChI is InChI=1S/C10H14N6O4S/c11-10-14-8-7(9(15-10)21(12)19)13-3-16(8)6-1-4(18)5(2-17)20-6/h3-6,17-18H,1-2,12H2,(H2,11,14,15)/t4-,5+,6+,21?/m1/s1. The number of nitrogen functional groups attached to an aromatic ring is 1. The first kappa shape index (κ1) is 14.4. The summed E-state index contributed by atoms with van der Waals surface area (Å²) in [7, 11) is 0. The first-order valence-electron chi connectivity index (χ1n) is 6.12. The molecule has 2 aromatic rings. The van der Waals surface area contributed by atoms with Gasteiger partial charge in [-0.05, 0) is 0 Å². The van der Waals surface area contributed by atoms with E-state index < -0.39 is 29.8 Å². The molecule has 0 saturated carbocycles. The van der Waals surface area contributed by atoms with E-state index >= 15 is 0 Å². The van der Waals surface area contributed by atoms with Gasteiger partial charge in [0.25, 0.3) is 5.03 Å². The van der Waals surface area contributed by atoms with Crippen LogP contribution in [0.1, 0.15) is 12.6 Å². The van der Waals surface area contributed by atoms with E-state index in [4.69, 9.17) is 20.7 Å². The van der Waals surface area contributed by atoms with E-state index in [1.807, 2.05) is 0 Å². The number of aromatic nitrogens is 4. The van der Waals surface area contributed by atoms with Gasteiger partial charge in [-0.15, -0.1) is 5.14 Å². The SMILES string of the molecule is Nc1nc([S+](N)[O-])c2ncn([C@@H]3C[C@@H](O)[C@H](CO)O3)c2n1. The summed E-state index contributed by atoms with van der Waals surface area (Å²) < 4.78 is 18.6. The zero-order valence-corrected chi connectivity index (χ0v) is 11.6. The molecule has 3 rings (SSSR count). The van der Waals surface area contributed by atoms with Crippen LogP contribution in [0.3, 0.4) is 0 Å². The van der Waals surface area contributed by atoms with Gasteiger partial charge in [0, 0.05) is 6.42 Å². The topological polar surface area (TPSA) is 168 Å². The number of hydrogen-bond donors (Lipinski definition) is 4. The highest BCUT2D eigenvalue weighted by atomic mass is 32.2. The second-order valence-electron chi connectivity index (χ2n) is 4.62. The molecule has 0 spiro atoms. The third-order valence-corrected chi connectivity index (χ3v) is 3.96. The zero-order valence-electron chi connectivity index (χ0n) is 10.8. The summed E-state index contributed by atoms with van der Waals surface area (Å²) in [5.74, 6) is -0.0877. The van der Waals surface area contributed by atoms with Crippen molar-refractivity contribution >= 4 is 28.5 Å². The Balaban J connectivity index is 2.05. The molecular formula is C10H14N6O4S. The molecule has 1 aliphatic heterocycles. The molecule has 10 nitrogen and oxygen atoms in total. The first-order valence-corrected chi connectivity index (χ1v) is 7.33. The third kappa shape index (κ3) is 2.43. The monoisotopic (exact) mass is 314 g/mol. The minimum atomic E-state index is -1.85. The fourth-order valence-electron chi connectivity index (χ4n) is 2.31. The van der Waals surface area contributed by atoms with E-state index in [0.717, 1.165) is 0 Å². The van der Waals surface area contributed by atoms with Crippen molar-refractivity contribution in [1.29, 1.82) is 0 Å². The molecule has 0 amide bonds. The van der Waals surface area contributed by atoms with E-state index in [0.29, 0.717) is 5.65 Å². The van der Waals surface area contributed by atoms with Crippen molar-refractivity contribution in [2.75, 3.05) is 12.3 Å². The molecule has 11 heteroatoms. The number of fused-ring (bicyclic) bond motifs is 1. The van der Waals surface area contributed by atoms with Crippen molar-refractivity contribution in [1.82, 2.24) is 19.5 Å². The lowest BCUT2D eigenvalue weighted by Gasteiger charge is -2.13. The lowest BCUT2D eigenvalue weighted by Crippen LogP contribution is -2.24. The van der Waals surface area contributed by atoms with Gasteiger partial charge in [0.05, 0.1) is 30.4 Å². The van der Waals surface area contributed by atoms with Crippen LogP contribution in [0, 0.1) is 0 Å². The predicted molar refractivity (Wildman–Crippen MR) is 72.0 cm³/mol. The molecule has 21 heavy (non-hydrogen) atoms. The number of nitrogens with zero attached hydrogens (tertiary/aromatic N) is 4. The van der Waals surface area contributed by atoms with Crippen LogP contribution < -0.4 is 10.9 Å². The van der Waals surface area contributed by atoms with Gasteiger partial charge in [0.1, 0.15) is 12.3 Å². The maximum atomic E-state index is 11.5. The maximum absolute atomic E-state index is 11.5. The van der Waals surface area contributed by atoms with Crippen molar-refractivity contribution < 1.29 is 19.5 Å². The Morgan fingerprint density at radius 1 is 1.52 bits per heavy atom. The van der Waals surface area contributed by atoms with Crippen LogP contribution in [0.25, 0.3) is 11.2 Å². The van der Waals surface area contributed by atoms with Gasteiger partial charge < -0.3 is 25.2 Å². The Kier molecular flexibility index (Phi) is 3.69. The minimum Gasteiger partial charge on any atom is -0.592 e. The molecule has 6 N–H and O–H groups in total. The number of aliphatic hydroxyl groups excluding tert-OH is 2. The number of nitrogens with two attached hydrogens (primary N) is 2. The van der Waals surface area contributed by atoms with Crippen LogP contribution in [0.4, 0.5) is 5.95 Å². The molecule has 0 bridgehead atoms. The molecule has 1 unspecified atom stereocenters. The zero-order chi connectivity index (χ0) is 15.1. The smallest absolute Gasteiger partial charge is 0.298 e. The average molecular weight is 314 g/mol. The Morgan fingerprint density at radius 3 is 2.90 bits per heavy atom. The van der Waals surface area contributed by atoms with E-state index in [2.05, 4.69) is 15.0 Å². The van der Waals surface area contributed by atoms with Crippen molar-refractivity contribution in [3.8, 4) is 0 Å². The highest BCUT2D eigenvalue weighted by molar-refractivity contribution is 7.89. The first-order chi connectivity index (χ1) is 10.0. The largest absolute Gasteiger partial charge is 0.592 e. The van der Waals surface area contributed by atoms with Crippen LogP contribution in [0.2, 0.25) is 0 Å². The Hall–Kier alpha value is -1.50. The van der Waals surface area contributed by atoms with Gasteiger partial charge >= 0.3 is 0 Å². The van der Waals surface area contributed by atoms with Crippen molar-refractivity contribution in [2.45, 2.75) is 29.9 Å². The average Bonchev–Trinajstić information content (AvgIpc) is 3.00. The molecule has 0 aromatic carbocycles. The summed E-state index contributed by atoms with van der Waals surface area (Å²) in [4.78, 5) is 12.0. The Bertz CT molecular complexity index is 664. The summed E-state index contributed by atoms with van der Waals surface area (Å²) >= 11 is -1.85. The number of ether oxygens (including phenoxy) is 1. The molecule has 0 aliphatic carbocycles. The van der Waals surface area contributed by atoms with Gasteiger partial charge in [0.2, 0.25) is 5.95 Å². The number of aliphatic hydroxyl groups is 2. The molecule has 4 atom stereocenters. The molecule has 3 heterocycles. The molecular weight excluding hydrogens is 300 g/mol. The van der Waals surface area contributed by atoms with Crippen molar-refractivity contribution in [2.24, 2.45) is 5.14 Å². The van der Waals surface area contributed by atoms with E-state index in [9.17, 15) is 9.66 Å². The van der Waals surface area contributed by atoms with Gasteiger partial charge in [-0.2, -0.15) is 9.97 Å². The summed E-state index contributed by atoms with van der Waals surface area (Å²) in [5, 5.41) is 24.3. The number of anilines is 1. The van der Waals surface area contributed by atoms with Gasteiger partial charge in [0.15, 0.2) is 11.2 Å². The summed E-state index contributed by atoms with van der Waals surface area (Å²) in [6, 6.07) is 0. The molecule has 1 fully saturated rings. The number of hydrogen-bond acceptors (Lipinski definition) is 9. The van der Waals surface area contributed by atoms with Gasteiger partial charge in [-0.3, -0.25) is 4.57 Å². The fourth-order valence-corrected chi connectivity index (χ4v) is 2.83. The van der Waals surface area contributed by atoms with E-state index in [-0.39, 0.29) is 29.5 Å². The second-order valence-corrected chi connectivity index (χ2v) is 5.60. The van der Waals surface area contributed by atoms with Crippen LogP contribution in [-0.4, -0.2) is 53.1 Å². The predicted octanol–water partition coefficient (Wildman–Crippen LogP) is -1.97. The molecule has 114 valence electrons.